The van der Waals surface area contributed by atoms with Crippen LogP contribution in [0, 0.1) is 0 Å². The molecule has 0 aliphatic carbocycles. The monoisotopic (exact) mass is 409 g/mol. The number of aromatic nitrogens is 3. The van der Waals surface area contributed by atoms with Crippen molar-refractivity contribution in [2.75, 3.05) is 19.0 Å². The van der Waals surface area contributed by atoms with E-state index in [0.717, 1.165) is 5.57 Å². The number of nitrogens with zero attached hydrogens (tertiary/aromatic N) is 5. The predicted molar refractivity (Wildman–Crippen MR) is 111 cm³/mol. The van der Waals surface area contributed by atoms with E-state index in [2.05, 4.69) is 31.8 Å². The normalized spacial score (nSPS) is 18.6. The first-order valence-corrected chi connectivity index (χ1v) is 9.17. The van der Waals surface area contributed by atoms with Gasteiger partial charge in [0.2, 0.25) is 11.8 Å². The first-order chi connectivity index (χ1) is 14.2. The zero-order chi connectivity index (χ0) is 21.9. The lowest BCUT2D eigenvalue weighted by molar-refractivity contribution is -0.128. The number of ether oxygens (including phenoxy) is 1. The van der Waals surface area contributed by atoms with Crippen LogP contribution in [0.3, 0.4) is 0 Å². The lowest BCUT2D eigenvalue weighted by Gasteiger charge is -2.32. The maximum atomic E-state index is 12.5. The fourth-order valence-electron chi connectivity index (χ4n) is 2.76. The van der Waals surface area contributed by atoms with Gasteiger partial charge in [0.05, 0.1) is 24.5 Å². The van der Waals surface area contributed by atoms with E-state index in [1.807, 2.05) is 6.92 Å². The Kier molecular flexibility index (Phi) is 5.77. The molecule has 0 saturated carbocycles. The van der Waals surface area contributed by atoms with Gasteiger partial charge in [-0.15, -0.1) is 0 Å². The highest BCUT2D eigenvalue weighted by Gasteiger charge is 2.37. The Balaban J connectivity index is 1.74. The van der Waals surface area contributed by atoms with Gasteiger partial charge in [-0.1, -0.05) is 6.58 Å². The van der Waals surface area contributed by atoms with E-state index in [1.165, 1.54) is 23.5 Å². The highest BCUT2D eigenvalue weighted by molar-refractivity contribution is 6.02. The number of hydrogen-bond donors (Lipinski definition) is 2. The summed E-state index contributed by atoms with van der Waals surface area (Å²) in [6, 6.07) is 3.29. The van der Waals surface area contributed by atoms with Crippen molar-refractivity contribution >= 4 is 23.5 Å². The number of carbonyl (C=O) groups excluding carboxylic acids is 2. The van der Waals surface area contributed by atoms with Crippen LogP contribution in [0.4, 0.5) is 5.69 Å². The maximum absolute atomic E-state index is 12.5. The number of rotatable bonds is 6. The molecule has 156 valence electrons. The molecule has 0 radical (unpaired) electrons. The second-order valence-electron chi connectivity index (χ2n) is 7.24. The molecule has 1 unspecified atom stereocenters. The summed E-state index contributed by atoms with van der Waals surface area (Å²) in [5.74, 6) is -0.186. The molecule has 3 N–H and O–H groups in total. The Labute approximate surface area is 173 Å². The third-order valence-electron chi connectivity index (χ3n) is 4.47. The predicted octanol–water partition coefficient (Wildman–Crippen LogP) is 1.47. The minimum absolute atomic E-state index is 0.117. The third kappa shape index (κ3) is 4.59. The van der Waals surface area contributed by atoms with Gasteiger partial charge >= 0.3 is 0 Å². The van der Waals surface area contributed by atoms with Crippen LogP contribution in [0.15, 0.2) is 47.9 Å². The fraction of sp³-hybridized carbons (Fsp3) is 0.300. The summed E-state index contributed by atoms with van der Waals surface area (Å²) < 4.78 is 5.37. The van der Waals surface area contributed by atoms with Crippen LogP contribution in [-0.2, 0) is 10.3 Å². The Morgan fingerprint density at radius 2 is 2.13 bits per heavy atom. The standard InChI is InChI=1S/C20H23N7O3/c1-12(2)11-30-16-10-23-14(9-24-16)18(29)25-13-5-6-22-15(7-13)20(3)8-17(28)27(4)19(21)26-20/h5-7,9-10H,1,8,11H2,2-4H3,(H2,21,26)(H,22,25,29). The highest BCUT2D eigenvalue weighted by Crippen LogP contribution is 2.32. The van der Waals surface area contributed by atoms with Crippen molar-refractivity contribution in [3.05, 3.63) is 54.3 Å². The number of aliphatic imine (C=N–C) groups is 1. The van der Waals surface area contributed by atoms with Crippen molar-refractivity contribution in [2.24, 2.45) is 10.7 Å². The van der Waals surface area contributed by atoms with Crippen LogP contribution in [0.25, 0.3) is 0 Å². The topological polar surface area (TPSA) is 136 Å². The van der Waals surface area contributed by atoms with E-state index in [1.54, 1.807) is 26.1 Å². The number of anilines is 1. The minimum Gasteiger partial charge on any atom is -0.472 e. The van der Waals surface area contributed by atoms with Crippen LogP contribution in [-0.4, -0.2) is 51.3 Å². The highest BCUT2D eigenvalue weighted by atomic mass is 16.5. The molecular weight excluding hydrogens is 386 g/mol. The Morgan fingerprint density at radius 1 is 1.37 bits per heavy atom. The van der Waals surface area contributed by atoms with Crippen molar-refractivity contribution in [3.8, 4) is 5.88 Å². The molecule has 10 nitrogen and oxygen atoms in total. The molecule has 0 fully saturated rings. The van der Waals surface area contributed by atoms with Gasteiger partial charge < -0.3 is 15.8 Å². The van der Waals surface area contributed by atoms with Gasteiger partial charge in [0.15, 0.2) is 5.96 Å². The summed E-state index contributed by atoms with van der Waals surface area (Å²) >= 11 is 0. The second kappa shape index (κ2) is 8.27. The lowest BCUT2D eigenvalue weighted by atomic mass is 9.91. The zero-order valence-corrected chi connectivity index (χ0v) is 17.0. The Hall–Kier alpha value is -3.82. The molecule has 1 aliphatic heterocycles. The summed E-state index contributed by atoms with van der Waals surface area (Å²) in [7, 11) is 1.57. The minimum atomic E-state index is -0.920. The van der Waals surface area contributed by atoms with Crippen molar-refractivity contribution < 1.29 is 14.3 Å². The SMILES string of the molecule is C=C(C)COc1cnc(C(=O)Nc2ccnc(C3(C)CC(=O)N(C)C(N)=N3)c2)cn1. The van der Waals surface area contributed by atoms with E-state index in [-0.39, 0.29) is 24.0 Å². The second-order valence-corrected chi connectivity index (χ2v) is 7.24. The Bertz CT molecular complexity index is 1020. The van der Waals surface area contributed by atoms with Crippen molar-refractivity contribution in [2.45, 2.75) is 25.8 Å². The molecule has 3 rings (SSSR count). The average Bonchev–Trinajstić information content (AvgIpc) is 2.71. The number of guanidine groups is 1. The van der Waals surface area contributed by atoms with Gasteiger partial charge in [-0.25, -0.2) is 15.0 Å². The van der Waals surface area contributed by atoms with Gasteiger partial charge in [-0.2, -0.15) is 0 Å². The van der Waals surface area contributed by atoms with Crippen LogP contribution >= 0.6 is 0 Å². The fourth-order valence-corrected chi connectivity index (χ4v) is 2.76. The van der Waals surface area contributed by atoms with Crippen LogP contribution in [0.2, 0.25) is 0 Å². The smallest absolute Gasteiger partial charge is 0.275 e. The van der Waals surface area contributed by atoms with E-state index in [9.17, 15) is 9.59 Å². The van der Waals surface area contributed by atoms with Crippen molar-refractivity contribution in [1.82, 2.24) is 19.9 Å². The third-order valence-corrected chi connectivity index (χ3v) is 4.47. The van der Waals surface area contributed by atoms with E-state index in [0.29, 0.717) is 23.9 Å². The van der Waals surface area contributed by atoms with Gasteiger partial charge in [-0.3, -0.25) is 19.5 Å². The van der Waals surface area contributed by atoms with E-state index < -0.39 is 11.4 Å². The molecule has 1 atom stereocenters. The molecule has 0 aromatic carbocycles. The molecule has 0 spiro atoms. The number of hydrogen-bond acceptors (Lipinski definition) is 8. The quantitative estimate of drug-likeness (QED) is 0.690. The number of amides is 2. The summed E-state index contributed by atoms with van der Waals surface area (Å²) in [6.45, 7) is 7.67. The van der Waals surface area contributed by atoms with Crippen LogP contribution in [0.5, 0.6) is 5.88 Å². The van der Waals surface area contributed by atoms with E-state index >= 15 is 0 Å². The van der Waals surface area contributed by atoms with Gasteiger partial charge in [0.25, 0.3) is 5.91 Å². The molecule has 3 heterocycles. The maximum Gasteiger partial charge on any atom is 0.275 e. The van der Waals surface area contributed by atoms with Gasteiger partial charge in [0, 0.05) is 18.9 Å². The van der Waals surface area contributed by atoms with Gasteiger partial charge in [0.1, 0.15) is 17.8 Å². The Morgan fingerprint density at radius 3 is 2.77 bits per heavy atom. The molecule has 1 aliphatic rings. The summed E-state index contributed by atoms with van der Waals surface area (Å²) in [5, 5.41) is 2.74. The number of carbonyl (C=O) groups is 2. The molecule has 0 saturated heterocycles. The zero-order valence-electron chi connectivity index (χ0n) is 17.0. The largest absolute Gasteiger partial charge is 0.472 e. The molecule has 2 amide bonds. The van der Waals surface area contributed by atoms with Crippen molar-refractivity contribution in [3.63, 3.8) is 0 Å². The number of pyridine rings is 1. The molecular formula is C20H23N7O3. The molecule has 2 aromatic heterocycles. The van der Waals surface area contributed by atoms with Gasteiger partial charge in [-0.05, 0) is 31.6 Å². The van der Waals surface area contributed by atoms with Crippen LogP contribution in [0.1, 0.15) is 36.5 Å². The molecule has 10 heteroatoms. The first-order valence-electron chi connectivity index (χ1n) is 9.17. The van der Waals surface area contributed by atoms with Crippen LogP contribution < -0.4 is 15.8 Å². The number of nitrogens with two attached hydrogens (primary N) is 1. The van der Waals surface area contributed by atoms with Crippen molar-refractivity contribution in [1.29, 1.82) is 0 Å². The molecule has 0 bridgehead atoms. The van der Waals surface area contributed by atoms with E-state index in [4.69, 9.17) is 10.5 Å². The summed E-state index contributed by atoms with van der Waals surface area (Å²) in [4.78, 5) is 42.9. The summed E-state index contributed by atoms with van der Waals surface area (Å²) in [5.41, 5.74) is 6.90. The summed E-state index contributed by atoms with van der Waals surface area (Å²) in [6.07, 6.45) is 4.35. The molecule has 2 aromatic rings. The average molecular weight is 409 g/mol. The lowest BCUT2D eigenvalue weighted by Crippen LogP contribution is -2.47. The number of nitrogens with one attached hydrogen (secondary N) is 1. The molecule has 30 heavy (non-hydrogen) atoms. The first kappa shape index (κ1) is 20.9.